The van der Waals surface area contributed by atoms with Gasteiger partial charge in [-0.1, -0.05) is 30.3 Å². The van der Waals surface area contributed by atoms with Crippen molar-refractivity contribution in [3.63, 3.8) is 0 Å². The minimum Gasteiger partial charge on any atom is -0.482 e. The average molecular weight is 384 g/mol. The molecule has 0 saturated heterocycles. The molecular formula is C21H24N2O5. The van der Waals surface area contributed by atoms with Gasteiger partial charge in [0.25, 0.3) is 0 Å². The van der Waals surface area contributed by atoms with Crippen molar-refractivity contribution in [2.75, 3.05) is 25.1 Å². The standard InChI is InChI=1S/C21H24N2O5/c1-16(24)23(14-17-6-4-3-5-7-17)13-12-20(25)22(2)18-8-10-19(11-9-18)28-15-21(26)27/h3-11H,12-15H2,1-2H3,(H,26,27). The Morgan fingerprint density at radius 1 is 1.00 bits per heavy atom. The second-order valence-corrected chi connectivity index (χ2v) is 6.31. The number of ether oxygens (including phenoxy) is 1. The third-order valence-electron chi connectivity index (χ3n) is 4.22. The van der Waals surface area contributed by atoms with E-state index in [1.807, 2.05) is 30.3 Å². The van der Waals surface area contributed by atoms with Crippen molar-refractivity contribution in [1.29, 1.82) is 0 Å². The van der Waals surface area contributed by atoms with Crippen LogP contribution in [0, 0.1) is 0 Å². The Hall–Kier alpha value is -3.35. The molecule has 0 atom stereocenters. The van der Waals surface area contributed by atoms with Crippen LogP contribution >= 0.6 is 0 Å². The first-order valence-corrected chi connectivity index (χ1v) is 8.87. The fourth-order valence-electron chi connectivity index (χ4n) is 2.60. The molecule has 0 heterocycles. The van der Waals surface area contributed by atoms with Crippen molar-refractivity contribution in [3.8, 4) is 5.75 Å². The molecule has 0 radical (unpaired) electrons. The summed E-state index contributed by atoms with van der Waals surface area (Å²) in [4.78, 5) is 38.1. The Morgan fingerprint density at radius 3 is 2.21 bits per heavy atom. The lowest BCUT2D eigenvalue weighted by atomic mass is 10.2. The van der Waals surface area contributed by atoms with E-state index < -0.39 is 12.6 Å². The summed E-state index contributed by atoms with van der Waals surface area (Å²) in [6, 6.07) is 16.2. The molecule has 0 spiro atoms. The van der Waals surface area contributed by atoms with Crippen LogP contribution in [0.5, 0.6) is 5.75 Å². The number of nitrogens with zero attached hydrogens (tertiary/aromatic N) is 2. The summed E-state index contributed by atoms with van der Waals surface area (Å²) in [6.07, 6.45) is 0.195. The smallest absolute Gasteiger partial charge is 0.341 e. The second kappa shape index (κ2) is 10.1. The van der Waals surface area contributed by atoms with Crippen molar-refractivity contribution >= 4 is 23.5 Å². The Kier molecular flexibility index (Phi) is 7.56. The van der Waals surface area contributed by atoms with Crippen LogP contribution in [0.15, 0.2) is 54.6 Å². The number of carboxylic acids is 1. The molecule has 0 saturated carbocycles. The SMILES string of the molecule is CC(=O)N(CCC(=O)N(C)c1ccc(OCC(=O)O)cc1)Cc1ccccc1. The Labute approximate surface area is 164 Å². The lowest BCUT2D eigenvalue weighted by molar-refractivity contribution is -0.139. The maximum absolute atomic E-state index is 12.5. The zero-order valence-electron chi connectivity index (χ0n) is 16.0. The molecule has 2 amide bonds. The van der Waals surface area contributed by atoms with Gasteiger partial charge in [-0.2, -0.15) is 0 Å². The van der Waals surface area contributed by atoms with E-state index in [2.05, 4.69) is 0 Å². The summed E-state index contributed by atoms with van der Waals surface area (Å²) in [5.74, 6) is -0.850. The molecule has 0 bridgehead atoms. The van der Waals surface area contributed by atoms with Crippen LogP contribution in [0.1, 0.15) is 18.9 Å². The number of benzene rings is 2. The third kappa shape index (κ3) is 6.42. The number of hydrogen-bond acceptors (Lipinski definition) is 4. The van der Waals surface area contributed by atoms with E-state index in [0.29, 0.717) is 24.5 Å². The van der Waals surface area contributed by atoms with Gasteiger partial charge in [-0.05, 0) is 29.8 Å². The van der Waals surface area contributed by atoms with Crippen molar-refractivity contribution < 1.29 is 24.2 Å². The lowest BCUT2D eigenvalue weighted by Crippen LogP contribution is -2.34. The predicted molar refractivity (Wildman–Crippen MR) is 105 cm³/mol. The van der Waals surface area contributed by atoms with E-state index >= 15 is 0 Å². The number of anilines is 1. The fourth-order valence-corrected chi connectivity index (χ4v) is 2.60. The predicted octanol–water partition coefficient (Wildman–Crippen LogP) is 2.55. The zero-order chi connectivity index (χ0) is 20.5. The van der Waals surface area contributed by atoms with Crippen LogP contribution in [0.2, 0.25) is 0 Å². The maximum Gasteiger partial charge on any atom is 0.341 e. The Bertz CT molecular complexity index is 805. The molecule has 0 aliphatic heterocycles. The van der Waals surface area contributed by atoms with E-state index in [4.69, 9.17) is 9.84 Å². The molecule has 2 rings (SSSR count). The summed E-state index contributed by atoms with van der Waals surface area (Å²) in [5, 5.41) is 8.62. The van der Waals surface area contributed by atoms with Gasteiger partial charge in [0.1, 0.15) is 5.75 Å². The number of amides is 2. The fraction of sp³-hybridized carbons (Fsp3) is 0.286. The molecule has 1 N–H and O–H groups in total. The minimum atomic E-state index is -1.05. The molecule has 0 unspecified atom stereocenters. The first-order valence-electron chi connectivity index (χ1n) is 8.87. The molecular weight excluding hydrogens is 360 g/mol. The summed E-state index contributed by atoms with van der Waals surface area (Å²) >= 11 is 0. The lowest BCUT2D eigenvalue weighted by Gasteiger charge is -2.23. The monoisotopic (exact) mass is 384 g/mol. The van der Waals surface area contributed by atoms with Crippen molar-refractivity contribution in [3.05, 3.63) is 60.2 Å². The van der Waals surface area contributed by atoms with E-state index in [-0.39, 0.29) is 18.2 Å². The number of hydrogen-bond donors (Lipinski definition) is 1. The van der Waals surface area contributed by atoms with E-state index in [0.717, 1.165) is 5.56 Å². The van der Waals surface area contributed by atoms with Crippen LogP contribution in [0.3, 0.4) is 0 Å². The van der Waals surface area contributed by atoms with Gasteiger partial charge in [-0.3, -0.25) is 9.59 Å². The number of carboxylic acid groups (broad SMARTS) is 1. The van der Waals surface area contributed by atoms with E-state index in [1.54, 1.807) is 36.2 Å². The third-order valence-corrected chi connectivity index (χ3v) is 4.22. The highest BCUT2D eigenvalue weighted by Gasteiger charge is 2.15. The molecule has 7 nitrogen and oxygen atoms in total. The average Bonchev–Trinajstić information content (AvgIpc) is 2.69. The highest BCUT2D eigenvalue weighted by atomic mass is 16.5. The van der Waals surface area contributed by atoms with Gasteiger partial charge in [-0.25, -0.2) is 4.79 Å². The van der Waals surface area contributed by atoms with Gasteiger partial charge < -0.3 is 19.6 Å². The first-order chi connectivity index (χ1) is 13.4. The molecule has 0 fully saturated rings. The van der Waals surface area contributed by atoms with E-state index in [9.17, 15) is 14.4 Å². The van der Waals surface area contributed by atoms with E-state index in [1.165, 1.54) is 11.8 Å². The van der Waals surface area contributed by atoms with Crippen LogP contribution < -0.4 is 9.64 Å². The molecule has 148 valence electrons. The maximum atomic E-state index is 12.5. The number of rotatable bonds is 9. The minimum absolute atomic E-state index is 0.0840. The molecule has 7 heteroatoms. The van der Waals surface area contributed by atoms with Gasteiger partial charge in [0.15, 0.2) is 6.61 Å². The van der Waals surface area contributed by atoms with Crippen LogP contribution in [-0.4, -0.2) is 48.0 Å². The second-order valence-electron chi connectivity index (χ2n) is 6.31. The molecule has 0 aliphatic carbocycles. The molecule has 0 aromatic heterocycles. The quantitative estimate of drug-likeness (QED) is 0.718. The molecule has 2 aromatic rings. The first kappa shape index (κ1) is 21.0. The normalized spacial score (nSPS) is 10.2. The van der Waals surface area contributed by atoms with Crippen LogP contribution in [-0.2, 0) is 20.9 Å². The number of carbonyl (C=O) groups is 3. The van der Waals surface area contributed by atoms with Gasteiger partial charge in [0.05, 0.1) is 0 Å². The van der Waals surface area contributed by atoms with Crippen LogP contribution in [0.25, 0.3) is 0 Å². The van der Waals surface area contributed by atoms with Gasteiger partial charge >= 0.3 is 5.97 Å². The Morgan fingerprint density at radius 2 is 1.64 bits per heavy atom. The van der Waals surface area contributed by atoms with Gasteiger partial charge in [0.2, 0.25) is 11.8 Å². The van der Waals surface area contributed by atoms with Crippen molar-refractivity contribution in [2.45, 2.75) is 19.9 Å². The highest BCUT2D eigenvalue weighted by molar-refractivity contribution is 5.93. The summed E-state index contributed by atoms with van der Waals surface area (Å²) in [5.41, 5.74) is 1.67. The molecule has 0 aliphatic rings. The largest absolute Gasteiger partial charge is 0.482 e. The Balaban J connectivity index is 1.91. The summed E-state index contributed by atoms with van der Waals surface area (Å²) in [7, 11) is 1.66. The van der Waals surface area contributed by atoms with Gasteiger partial charge in [0, 0.05) is 39.2 Å². The summed E-state index contributed by atoms with van der Waals surface area (Å²) in [6.45, 7) is 1.86. The zero-order valence-corrected chi connectivity index (χ0v) is 16.0. The van der Waals surface area contributed by atoms with Crippen LogP contribution in [0.4, 0.5) is 5.69 Å². The number of carbonyl (C=O) groups excluding carboxylic acids is 2. The highest BCUT2D eigenvalue weighted by Crippen LogP contribution is 2.19. The topological polar surface area (TPSA) is 87.2 Å². The molecule has 2 aromatic carbocycles. The number of aliphatic carboxylic acids is 1. The van der Waals surface area contributed by atoms with Gasteiger partial charge in [-0.15, -0.1) is 0 Å². The molecule has 28 heavy (non-hydrogen) atoms. The van der Waals surface area contributed by atoms with Crippen molar-refractivity contribution in [2.24, 2.45) is 0 Å². The summed E-state index contributed by atoms with van der Waals surface area (Å²) < 4.78 is 5.08. The van der Waals surface area contributed by atoms with Crippen molar-refractivity contribution in [1.82, 2.24) is 4.90 Å².